The van der Waals surface area contributed by atoms with Crippen LogP contribution in [0.3, 0.4) is 0 Å². The molecule has 0 fully saturated rings. The van der Waals surface area contributed by atoms with Gasteiger partial charge in [-0.1, -0.05) is 6.07 Å². The first-order valence-corrected chi connectivity index (χ1v) is 6.90. The third-order valence-corrected chi connectivity index (χ3v) is 3.67. The van der Waals surface area contributed by atoms with Gasteiger partial charge in [-0.3, -0.25) is 0 Å². The van der Waals surface area contributed by atoms with Crippen molar-refractivity contribution in [3.63, 3.8) is 0 Å². The van der Waals surface area contributed by atoms with Crippen LogP contribution < -0.4 is 5.32 Å². The Labute approximate surface area is 131 Å². The number of benzene rings is 2. The summed E-state index contributed by atoms with van der Waals surface area (Å²) in [5, 5.41) is 2.79. The van der Waals surface area contributed by atoms with Crippen molar-refractivity contribution in [2.75, 3.05) is 5.32 Å². The lowest BCUT2D eigenvalue weighted by molar-refractivity contribution is -0.138. The van der Waals surface area contributed by atoms with Gasteiger partial charge in [0, 0.05) is 15.8 Å². The van der Waals surface area contributed by atoms with Gasteiger partial charge in [0.1, 0.15) is 11.6 Å². The molecule has 0 saturated heterocycles. The van der Waals surface area contributed by atoms with Crippen molar-refractivity contribution in [2.45, 2.75) is 12.7 Å². The summed E-state index contributed by atoms with van der Waals surface area (Å²) in [5.74, 6) is -1.37. The first-order valence-electron chi connectivity index (χ1n) is 5.82. The minimum atomic E-state index is -4.63. The zero-order chi connectivity index (χ0) is 15.6. The summed E-state index contributed by atoms with van der Waals surface area (Å²) in [6.07, 6.45) is -4.63. The Balaban J connectivity index is 2.24. The quantitative estimate of drug-likeness (QED) is 0.539. The molecule has 0 amide bonds. The van der Waals surface area contributed by atoms with Crippen LogP contribution in [0.4, 0.5) is 27.6 Å². The number of halogens is 6. The smallest absolute Gasteiger partial charge is 0.380 e. The Hall–Kier alpha value is -1.38. The van der Waals surface area contributed by atoms with E-state index in [0.29, 0.717) is 15.3 Å². The van der Waals surface area contributed by atoms with E-state index in [9.17, 15) is 22.0 Å². The maximum Gasteiger partial charge on any atom is 0.416 e. The molecule has 7 heteroatoms. The molecule has 21 heavy (non-hydrogen) atoms. The van der Waals surface area contributed by atoms with Gasteiger partial charge in [0.25, 0.3) is 0 Å². The fraction of sp³-hybridized carbons (Fsp3) is 0.143. The van der Waals surface area contributed by atoms with Gasteiger partial charge in [0.05, 0.1) is 5.56 Å². The van der Waals surface area contributed by atoms with Crippen molar-refractivity contribution in [1.82, 2.24) is 0 Å². The molecule has 2 aromatic carbocycles. The second-order valence-corrected chi connectivity index (χ2v) is 5.44. The Morgan fingerprint density at radius 3 is 2.19 bits per heavy atom. The molecule has 0 aliphatic carbocycles. The van der Waals surface area contributed by atoms with Gasteiger partial charge < -0.3 is 5.32 Å². The molecule has 2 aromatic rings. The molecule has 0 aromatic heterocycles. The molecule has 0 atom stereocenters. The van der Waals surface area contributed by atoms with Crippen molar-refractivity contribution < 1.29 is 22.0 Å². The SMILES string of the molecule is Fc1ccc(NCc2ccc(F)cc2C(F)(F)F)c(I)c1. The zero-order valence-corrected chi connectivity index (χ0v) is 12.6. The van der Waals surface area contributed by atoms with E-state index >= 15 is 0 Å². The normalized spacial score (nSPS) is 11.5. The molecular formula is C14H9F5IN. The third-order valence-electron chi connectivity index (χ3n) is 2.78. The van der Waals surface area contributed by atoms with Crippen LogP contribution in [0, 0.1) is 15.2 Å². The maximum atomic E-state index is 13.0. The summed E-state index contributed by atoms with van der Waals surface area (Å²) < 4.78 is 65.0. The third kappa shape index (κ3) is 4.05. The zero-order valence-electron chi connectivity index (χ0n) is 10.4. The number of nitrogens with one attached hydrogen (secondary N) is 1. The molecule has 1 nitrogen and oxygen atoms in total. The number of anilines is 1. The Bertz CT molecular complexity index is 654. The van der Waals surface area contributed by atoms with Gasteiger partial charge in [0.2, 0.25) is 0 Å². The summed E-state index contributed by atoms with van der Waals surface area (Å²) in [5.41, 5.74) is -0.592. The molecule has 0 spiro atoms. The first-order chi connectivity index (χ1) is 9.77. The van der Waals surface area contributed by atoms with Gasteiger partial charge >= 0.3 is 6.18 Å². The lowest BCUT2D eigenvalue weighted by atomic mass is 10.1. The first kappa shape index (κ1) is 16.0. The molecule has 112 valence electrons. The summed E-state index contributed by atoms with van der Waals surface area (Å²) in [7, 11) is 0. The van der Waals surface area contributed by atoms with E-state index in [2.05, 4.69) is 5.32 Å². The molecular weight excluding hydrogens is 404 g/mol. The number of hydrogen-bond acceptors (Lipinski definition) is 1. The van der Waals surface area contributed by atoms with Crippen molar-refractivity contribution in [1.29, 1.82) is 0 Å². The van der Waals surface area contributed by atoms with E-state index in [1.54, 1.807) is 0 Å². The summed E-state index contributed by atoms with van der Waals surface area (Å²) in [4.78, 5) is 0. The van der Waals surface area contributed by atoms with Crippen LogP contribution in [0.2, 0.25) is 0 Å². The van der Waals surface area contributed by atoms with Crippen molar-refractivity contribution in [2.24, 2.45) is 0 Å². The number of hydrogen-bond donors (Lipinski definition) is 1. The van der Waals surface area contributed by atoms with Crippen LogP contribution in [0.5, 0.6) is 0 Å². The van der Waals surface area contributed by atoms with Gasteiger partial charge in [-0.25, -0.2) is 8.78 Å². The summed E-state index contributed by atoms with van der Waals surface area (Å²) in [6, 6.07) is 6.43. The van der Waals surface area contributed by atoms with E-state index in [0.717, 1.165) is 12.1 Å². The fourth-order valence-electron chi connectivity index (χ4n) is 1.79. The van der Waals surface area contributed by atoms with E-state index in [1.165, 1.54) is 18.2 Å². The molecule has 0 bridgehead atoms. The lowest BCUT2D eigenvalue weighted by Crippen LogP contribution is -2.12. The lowest BCUT2D eigenvalue weighted by Gasteiger charge is -2.15. The highest BCUT2D eigenvalue weighted by Gasteiger charge is 2.33. The van der Waals surface area contributed by atoms with E-state index in [1.807, 2.05) is 22.6 Å². The highest BCUT2D eigenvalue weighted by atomic mass is 127. The number of alkyl halides is 3. The highest BCUT2D eigenvalue weighted by Crippen LogP contribution is 2.33. The predicted molar refractivity (Wildman–Crippen MR) is 77.8 cm³/mol. The van der Waals surface area contributed by atoms with Gasteiger partial charge in [-0.15, -0.1) is 0 Å². The average Bonchev–Trinajstić information content (AvgIpc) is 2.38. The monoisotopic (exact) mass is 413 g/mol. The summed E-state index contributed by atoms with van der Waals surface area (Å²) in [6.45, 7) is -0.142. The Morgan fingerprint density at radius 2 is 1.57 bits per heavy atom. The summed E-state index contributed by atoms with van der Waals surface area (Å²) >= 11 is 1.87. The van der Waals surface area contributed by atoms with Crippen LogP contribution in [0.15, 0.2) is 36.4 Å². The van der Waals surface area contributed by atoms with Crippen LogP contribution in [-0.4, -0.2) is 0 Å². The molecule has 0 saturated carbocycles. The number of rotatable bonds is 3. The molecule has 0 heterocycles. The predicted octanol–water partition coefficient (Wildman–Crippen LogP) is 5.20. The highest BCUT2D eigenvalue weighted by molar-refractivity contribution is 14.1. The molecule has 2 rings (SSSR count). The van der Waals surface area contributed by atoms with Gasteiger partial charge in [-0.05, 0) is 58.5 Å². The van der Waals surface area contributed by atoms with Crippen LogP contribution in [0.25, 0.3) is 0 Å². The van der Waals surface area contributed by atoms with Crippen molar-refractivity contribution >= 4 is 28.3 Å². The molecule has 0 radical (unpaired) electrons. The van der Waals surface area contributed by atoms with Crippen LogP contribution >= 0.6 is 22.6 Å². The van der Waals surface area contributed by atoms with Gasteiger partial charge in [0.15, 0.2) is 0 Å². The van der Waals surface area contributed by atoms with Crippen LogP contribution in [-0.2, 0) is 12.7 Å². The van der Waals surface area contributed by atoms with E-state index in [4.69, 9.17) is 0 Å². The maximum absolute atomic E-state index is 13.0. The van der Waals surface area contributed by atoms with E-state index in [-0.39, 0.29) is 12.1 Å². The molecule has 0 aliphatic rings. The van der Waals surface area contributed by atoms with Crippen molar-refractivity contribution in [3.8, 4) is 0 Å². The fourth-order valence-corrected chi connectivity index (χ4v) is 2.46. The Morgan fingerprint density at radius 1 is 0.952 bits per heavy atom. The van der Waals surface area contributed by atoms with Crippen molar-refractivity contribution in [3.05, 3.63) is 62.7 Å². The molecule has 0 unspecified atom stereocenters. The minimum Gasteiger partial charge on any atom is -0.380 e. The second-order valence-electron chi connectivity index (χ2n) is 4.28. The molecule has 0 aliphatic heterocycles. The topological polar surface area (TPSA) is 12.0 Å². The minimum absolute atomic E-state index is 0.0796. The van der Waals surface area contributed by atoms with Crippen LogP contribution in [0.1, 0.15) is 11.1 Å². The Kier molecular flexibility index (Phi) is 4.70. The average molecular weight is 413 g/mol. The standard InChI is InChI=1S/C14H9F5IN/c15-9-2-1-8(11(5-9)14(17,18)19)7-21-13-4-3-10(16)6-12(13)20/h1-6,21H,7H2. The van der Waals surface area contributed by atoms with E-state index < -0.39 is 23.4 Å². The molecule has 1 N–H and O–H groups in total. The largest absolute Gasteiger partial charge is 0.416 e. The second kappa shape index (κ2) is 6.17. The van der Waals surface area contributed by atoms with Gasteiger partial charge in [-0.2, -0.15) is 13.2 Å².